The molecule has 0 aromatic heterocycles. The smallest absolute Gasteiger partial charge is 0.327 e. The predicted molar refractivity (Wildman–Crippen MR) is 104 cm³/mol. The van der Waals surface area contributed by atoms with Gasteiger partial charge >= 0.3 is 6.03 Å². The number of amides is 4. The fraction of sp³-hybridized carbons (Fsp3) is 0.571. The highest BCUT2D eigenvalue weighted by atomic mass is 16.5. The summed E-state index contributed by atoms with van der Waals surface area (Å²) in [6.45, 7) is 1.32. The number of hydrogen-bond donors (Lipinski definition) is 1. The van der Waals surface area contributed by atoms with Gasteiger partial charge in [-0.3, -0.25) is 14.5 Å². The maximum Gasteiger partial charge on any atom is 0.327 e. The van der Waals surface area contributed by atoms with Crippen LogP contribution in [0.4, 0.5) is 4.79 Å². The molecule has 1 saturated heterocycles. The molecule has 0 spiro atoms. The Morgan fingerprint density at radius 3 is 2.68 bits per heavy atom. The van der Waals surface area contributed by atoms with Gasteiger partial charge in [0.2, 0.25) is 11.8 Å². The molecule has 1 aliphatic carbocycles. The first-order valence-electron chi connectivity index (χ1n) is 10.0. The van der Waals surface area contributed by atoms with Gasteiger partial charge in [-0.05, 0) is 24.8 Å². The van der Waals surface area contributed by atoms with Crippen molar-refractivity contribution in [3.63, 3.8) is 0 Å². The first-order chi connectivity index (χ1) is 13.6. The number of nitrogens with one attached hydrogen (secondary N) is 1. The van der Waals surface area contributed by atoms with Crippen LogP contribution in [-0.2, 0) is 20.9 Å². The van der Waals surface area contributed by atoms with Crippen LogP contribution in [0.2, 0.25) is 0 Å². The molecule has 0 bridgehead atoms. The van der Waals surface area contributed by atoms with E-state index in [1.165, 1.54) is 4.90 Å². The lowest BCUT2D eigenvalue weighted by Gasteiger charge is -2.46. The fourth-order valence-electron chi connectivity index (χ4n) is 4.12. The minimum atomic E-state index is -0.357. The van der Waals surface area contributed by atoms with Crippen molar-refractivity contribution in [3.05, 3.63) is 35.9 Å². The van der Waals surface area contributed by atoms with Crippen LogP contribution in [-0.4, -0.2) is 60.5 Å². The fourth-order valence-corrected chi connectivity index (χ4v) is 4.12. The zero-order chi connectivity index (χ0) is 19.9. The molecule has 2 atom stereocenters. The van der Waals surface area contributed by atoms with Gasteiger partial charge in [-0.1, -0.05) is 43.2 Å². The van der Waals surface area contributed by atoms with Crippen LogP contribution < -0.4 is 5.32 Å². The van der Waals surface area contributed by atoms with Crippen LogP contribution in [0, 0.1) is 5.92 Å². The Labute approximate surface area is 166 Å². The molecule has 1 aliphatic heterocycles. The Hall–Kier alpha value is -2.41. The number of nitrogens with zero attached hydrogens (tertiary/aromatic N) is 2. The number of urea groups is 1. The van der Waals surface area contributed by atoms with Gasteiger partial charge in [-0.2, -0.15) is 0 Å². The molecule has 2 aliphatic rings. The summed E-state index contributed by atoms with van der Waals surface area (Å²) in [6.07, 6.45) is 4.23. The minimum Gasteiger partial charge on any atom is -0.385 e. The van der Waals surface area contributed by atoms with E-state index in [2.05, 4.69) is 5.32 Å². The topological polar surface area (TPSA) is 79.0 Å². The van der Waals surface area contributed by atoms with E-state index in [1.54, 1.807) is 12.0 Å². The van der Waals surface area contributed by atoms with Crippen LogP contribution in [0.5, 0.6) is 0 Å². The van der Waals surface area contributed by atoms with Gasteiger partial charge in [-0.25, -0.2) is 4.79 Å². The highest BCUT2D eigenvalue weighted by molar-refractivity contribution is 6.00. The van der Waals surface area contributed by atoms with Gasteiger partial charge in [-0.15, -0.1) is 0 Å². The second-order valence-corrected chi connectivity index (χ2v) is 7.48. The van der Waals surface area contributed by atoms with E-state index in [9.17, 15) is 14.4 Å². The van der Waals surface area contributed by atoms with Crippen LogP contribution in [0.1, 0.15) is 37.7 Å². The number of methoxy groups -OCH3 is 1. The van der Waals surface area contributed by atoms with Gasteiger partial charge in [0.15, 0.2) is 0 Å². The van der Waals surface area contributed by atoms with E-state index in [0.29, 0.717) is 13.2 Å². The maximum absolute atomic E-state index is 13.1. The molecule has 7 heteroatoms. The number of ether oxygens (including phenoxy) is 1. The quantitative estimate of drug-likeness (QED) is 0.694. The number of rotatable bonds is 8. The van der Waals surface area contributed by atoms with Crippen molar-refractivity contribution >= 4 is 17.8 Å². The molecular weight excluding hydrogens is 358 g/mol. The Balaban J connectivity index is 1.72. The SMILES string of the molecule is COCCCNC(=O)CN1C(=O)N(Cc2ccccc2)C(=O)C2CCCCC21. The van der Waals surface area contributed by atoms with Gasteiger partial charge in [0.1, 0.15) is 6.54 Å². The summed E-state index contributed by atoms with van der Waals surface area (Å²) in [6, 6.07) is 8.96. The third-order valence-corrected chi connectivity index (χ3v) is 5.53. The summed E-state index contributed by atoms with van der Waals surface area (Å²) in [5.74, 6) is -0.505. The number of benzene rings is 1. The summed E-state index contributed by atoms with van der Waals surface area (Å²) >= 11 is 0. The van der Waals surface area contributed by atoms with Crippen LogP contribution in [0.25, 0.3) is 0 Å². The summed E-state index contributed by atoms with van der Waals surface area (Å²) in [7, 11) is 1.62. The molecule has 152 valence electrons. The minimum absolute atomic E-state index is 0.00838. The molecule has 1 N–H and O–H groups in total. The maximum atomic E-state index is 13.1. The molecule has 3 rings (SSSR count). The average molecular weight is 387 g/mol. The van der Waals surface area contributed by atoms with Crippen LogP contribution >= 0.6 is 0 Å². The lowest BCUT2D eigenvalue weighted by Crippen LogP contribution is -2.63. The number of hydrogen-bond acceptors (Lipinski definition) is 4. The molecule has 1 aromatic rings. The van der Waals surface area contributed by atoms with E-state index >= 15 is 0 Å². The van der Waals surface area contributed by atoms with Crippen molar-refractivity contribution in [1.82, 2.24) is 15.1 Å². The summed E-state index contributed by atoms with van der Waals surface area (Å²) in [5, 5.41) is 2.84. The molecule has 2 unspecified atom stereocenters. The number of carbonyl (C=O) groups is 3. The molecule has 2 fully saturated rings. The lowest BCUT2D eigenvalue weighted by atomic mass is 9.81. The number of imide groups is 1. The van der Waals surface area contributed by atoms with E-state index < -0.39 is 0 Å². The highest BCUT2D eigenvalue weighted by Gasteiger charge is 2.47. The lowest BCUT2D eigenvalue weighted by molar-refractivity contribution is -0.142. The predicted octanol–water partition coefficient (Wildman–Crippen LogP) is 2.16. The van der Waals surface area contributed by atoms with E-state index in [1.807, 2.05) is 30.3 Å². The zero-order valence-corrected chi connectivity index (χ0v) is 16.4. The second-order valence-electron chi connectivity index (χ2n) is 7.48. The third kappa shape index (κ3) is 4.70. The highest BCUT2D eigenvalue weighted by Crippen LogP contribution is 2.34. The van der Waals surface area contributed by atoms with Crippen molar-refractivity contribution < 1.29 is 19.1 Å². The molecule has 4 amide bonds. The molecule has 1 saturated carbocycles. The summed E-state index contributed by atoms with van der Waals surface area (Å²) in [4.78, 5) is 41.5. The van der Waals surface area contributed by atoms with Crippen molar-refractivity contribution in [3.8, 4) is 0 Å². The van der Waals surface area contributed by atoms with Gasteiger partial charge in [0.25, 0.3) is 0 Å². The molecule has 0 radical (unpaired) electrons. The first kappa shape index (κ1) is 20.3. The Morgan fingerprint density at radius 1 is 1.18 bits per heavy atom. The van der Waals surface area contributed by atoms with Crippen LogP contribution in [0.3, 0.4) is 0 Å². The zero-order valence-electron chi connectivity index (χ0n) is 16.4. The van der Waals surface area contributed by atoms with Gasteiger partial charge < -0.3 is 15.0 Å². The Bertz CT molecular complexity index is 694. The van der Waals surface area contributed by atoms with Gasteiger partial charge in [0, 0.05) is 26.3 Å². The van der Waals surface area contributed by atoms with E-state index in [-0.39, 0.29) is 42.9 Å². The van der Waals surface area contributed by atoms with Crippen molar-refractivity contribution in [2.75, 3.05) is 26.8 Å². The number of carbonyl (C=O) groups excluding carboxylic acids is 3. The molecule has 28 heavy (non-hydrogen) atoms. The summed E-state index contributed by atoms with van der Waals surface area (Å²) in [5.41, 5.74) is 0.905. The molecule has 7 nitrogen and oxygen atoms in total. The first-order valence-corrected chi connectivity index (χ1v) is 10.0. The third-order valence-electron chi connectivity index (χ3n) is 5.53. The molecule has 1 aromatic carbocycles. The van der Waals surface area contributed by atoms with Gasteiger partial charge in [0.05, 0.1) is 12.5 Å². The average Bonchev–Trinajstić information content (AvgIpc) is 2.72. The van der Waals surface area contributed by atoms with Crippen molar-refractivity contribution in [2.45, 2.75) is 44.7 Å². The number of fused-ring (bicyclic) bond motifs is 1. The molecular formula is C21H29N3O4. The summed E-state index contributed by atoms with van der Waals surface area (Å²) < 4.78 is 4.98. The monoisotopic (exact) mass is 387 g/mol. The largest absolute Gasteiger partial charge is 0.385 e. The Kier molecular flexibility index (Phi) is 7.03. The van der Waals surface area contributed by atoms with E-state index in [4.69, 9.17) is 4.74 Å². The van der Waals surface area contributed by atoms with Crippen molar-refractivity contribution in [2.24, 2.45) is 5.92 Å². The van der Waals surface area contributed by atoms with E-state index in [0.717, 1.165) is 37.7 Å². The normalized spacial score (nSPS) is 22.2. The van der Waals surface area contributed by atoms with Crippen LogP contribution in [0.15, 0.2) is 30.3 Å². The second kappa shape index (κ2) is 9.68. The standard InChI is InChI=1S/C21H29N3O4/c1-28-13-7-12-22-19(25)15-23-18-11-6-5-10-17(18)20(26)24(21(23)27)14-16-8-3-2-4-9-16/h2-4,8-9,17-18H,5-7,10-15H2,1H3,(H,22,25). The Morgan fingerprint density at radius 2 is 1.93 bits per heavy atom. The van der Waals surface area contributed by atoms with Crippen molar-refractivity contribution in [1.29, 1.82) is 0 Å². The molecule has 1 heterocycles.